The van der Waals surface area contributed by atoms with E-state index < -0.39 is 0 Å². The molecule has 1 fully saturated rings. The molecule has 1 aromatic rings. The third-order valence-electron chi connectivity index (χ3n) is 4.53. The highest BCUT2D eigenvalue weighted by Crippen LogP contribution is 2.28. The SMILES string of the molecule is CCOc1ccccc1C(CC(=O)N1CCCC(NC)C1)NC(C)=O. The number of amides is 2. The van der Waals surface area contributed by atoms with Crippen LogP contribution < -0.4 is 15.4 Å². The molecule has 1 aromatic carbocycles. The highest BCUT2D eigenvalue weighted by molar-refractivity contribution is 5.79. The molecule has 138 valence electrons. The zero-order chi connectivity index (χ0) is 18.2. The fourth-order valence-corrected chi connectivity index (χ4v) is 3.28. The standard InChI is InChI=1S/C19H29N3O3/c1-4-25-18-10-6-5-9-16(18)17(21-14(2)23)12-19(24)22-11-7-8-15(13-22)20-3/h5-6,9-10,15,17,20H,4,7-8,11-13H2,1-3H3,(H,21,23). The number of hydrogen-bond acceptors (Lipinski definition) is 4. The summed E-state index contributed by atoms with van der Waals surface area (Å²) in [5.41, 5.74) is 0.843. The summed E-state index contributed by atoms with van der Waals surface area (Å²) in [6.45, 7) is 5.42. The number of rotatable bonds is 7. The van der Waals surface area contributed by atoms with Crippen molar-refractivity contribution in [2.75, 3.05) is 26.7 Å². The number of likely N-dealkylation sites (N-methyl/N-ethyl adjacent to an activating group) is 1. The van der Waals surface area contributed by atoms with Crippen LogP contribution in [0.3, 0.4) is 0 Å². The van der Waals surface area contributed by atoms with Gasteiger partial charge in [-0.2, -0.15) is 0 Å². The lowest BCUT2D eigenvalue weighted by molar-refractivity contribution is -0.133. The Morgan fingerprint density at radius 2 is 2.12 bits per heavy atom. The summed E-state index contributed by atoms with van der Waals surface area (Å²) in [4.78, 5) is 26.4. The molecule has 0 saturated carbocycles. The number of benzene rings is 1. The molecule has 2 atom stereocenters. The number of hydrogen-bond donors (Lipinski definition) is 2. The van der Waals surface area contributed by atoms with Gasteiger partial charge in [0.25, 0.3) is 0 Å². The van der Waals surface area contributed by atoms with E-state index in [4.69, 9.17) is 4.74 Å². The van der Waals surface area contributed by atoms with Crippen molar-refractivity contribution in [1.29, 1.82) is 0 Å². The second-order valence-corrected chi connectivity index (χ2v) is 6.40. The van der Waals surface area contributed by atoms with Crippen LogP contribution in [0.25, 0.3) is 0 Å². The second kappa shape index (κ2) is 9.42. The first-order valence-corrected chi connectivity index (χ1v) is 8.99. The zero-order valence-corrected chi connectivity index (χ0v) is 15.4. The third-order valence-corrected chi connectivity index (χ3v) is 4.53. The van der Waals surface area contributed by atoms with Gasteiger partial charge >= 0.3 is 0 Å². The first-order chi connectivity index (χ1) is 12.0. The van der Waals surface area contributed by atoms with Crippen molar-refractivity contribution in [3.05, 3.63) is 29.8 Å². The molecule has 6 nitrogen and oxygen atoms in total. The van der Waals surface area contributed by atoms with Gasteiger partial charge in [0.05, 0.1) is 19.1 Å². The van der Waals surface area contributed by atoms with Crippen molar-refractivity contribution in [3.8, 4) is 5.75 Å². The summed E-state index contributed by atoms with van der Waals surface area (Å²) in [5, 5.41) is 6.16. The van der Waals surface area contributed by atoms with Gasteiger partial charge in [0, 0.05) is 31.6 Å². The molecular formula is C19H29N3O3. The summed E-state index contributed by atoms with van der Waals surface area (Å²) < 4.78 is 5.67. The molecule has 1 heterocycles. The molecular weight excluding hydrogens is 318 g/mol. The van der Waals surface area contributed by atoms with E-state index in [1.165, 1.54) is 6.92 Å². The number of nitrogens with one attached hydrogen (secondary N) is 2. The predicted molar refractivity (Wildman–Crippen MR) is 97.4 cm³/mol. The van der Waals surface area contributed by atoms with Crippen molar-refractivity contribution < 1.29 is 14.3 Å². The molecule has 1 saturated heterocycles. The van der Waals surface area contributed by atoms with Crippen molar-refractivity contribution in [3.63, 3.8) is 0 Å². The first kappa shape index (κ1) is 19.2. The lowest BCUT2D eigenvalue weighted by Gasteiger charge is -2.33. The quantitative estimate of drug-likeness (QED) is 0.790. The van der Waals surface area contributed by atoms with E-state index in [9.17, 15) is 9.59 Å². The zero-order valence-electron chi connectivity index (χ0n) is 15.4. The van der Waals surface area contributed by atoms with Crippen LogP contribution in [0.2, 0.25) is 0 Å². The molecule has 0 spiro atoms. The summed E-state index contributed by atoms with van der Waals surface area (Å²) in [5.74, 6) is 0.615. The van der Waals surface area contributed by atoms with Crippen LogP contribution in [0.1, 0.15) is 44.7 Å². The number of carbonyl (C=O) groups excluding carboxylic acids is 2. The summed E-state index contributed by atoms with van der Waals surface area (Å²) in [6.07, 6.45) is 2.32. The van der Waals surface area contributed by atoms with E-state index in [0.717, 1.165) is 31.5 Å². The fraction of sp³-hybridized carbons (Fsp3) is 0.579. The van der Waals surface area contributed by atoms with Gasteiger partial charge in [-0.3, -0.25) is 9.59 Å². The van der Waals surface area contributed by atoms with Crippen LogP contribution in [0, 0.1) is 0 Å². The molecule has 0 radical (unpaired) electrons. The Balaban J connectivity index is 2.15. The minimum Gasteiger partial charge on any atom is -0.494 e. The molecule has 2 amide bonds. The van der Waals surface area contributed by atoms with Crippen molar-refractivity contribution >= 4 is 11.8 Å². The normalized spacial score (nSPS) is 18.5. The molecule has 25 heavy (non-hydrogen) atoms. The summed E-state index contributed by atoms with van der Waals surface area (Å²) >= 11 is 0. The van der Waals surface area contributed by atoms with E-state index in [0.29, 0.717) is 18.4 Å². The van der Waals surface area contributed by atoms with Gasteiger partial charge in [0.1, 0.15) is 5.75 Å². The van der Waals surface area contributed by atoms with E-state index >= 15 is 0 Å². The Morgan fingerprint density at radius 3 is 2.80 bits per heavy atom. The van der Waals surface area contributed by atoms with Crippen LogP contribution >= 0.6 is 0 Å². The number of piperidine rings is 1. The Labute approximate surface area is 149 Å². The number of likely N-dealkylation sites (tertiary alicyclic amines) is 1. The largest absolute Gasteiger partial charge is 0.494 e. The van der Waals surface area contributed by atoms with Gasteiger partial charge < -0.3 is 20.3 Å². The molecule has 0 aliphatic carbocycles. The Kier molecular flexibility index (Phi) is 7.25. The highest BCUT2D eigenvalue weighted by Gasteiger charge is 2.27. The molecule has 2 N–H and O–H groups in total. The van der Waals surface area contributed by atoms with Crippen LogP contribution in [-0.2, 0) is 9.59 Å². The highest BCUT2D eigenvalue weighted by atomic mass is 16.5. The molecule has 0 bridgehead atoms. The van der Waals surface area contributed by atoms with Gasteiger partial charge in [-0.15, -0.1) is 0 Å². The maximum Gasteiger partial charge on any atom is 0.225 e. The number of nitrogens with zero attached hydrogens (tertiary/aromatic N) is 1. The van der Waals surface area contributed by atoms with Crippen molar-refractivity contribution in [1.82, 2.24) is 15.5 Å². The number of ether oxygens (including phenoxy) is 1. The van der Waals surface area contributed by atoms with Gasteiger partial charge in [0.15, 0.2) is 0 Å². The number of carbonyl (C=O) groups is 2. The average Bonchev–Trinajstić information content (AvgIpc) is 2.61. The van der Waals surface area contributed by atoms with E-state index in [2.05, 4.69) is 10.6 Å². The third kappa shape index (κ3) is 5.46. The summed E-state index contributed by atoms with van der Waals surface area (Å²) in [7, 11) is 1.93. The topological polar surface area (TPSA) is 70.7 Å². The summed E-state index contributed by atoms with van der Waals surface area (Å²) in [6, 6.07) is 7.52. The average molecular weight is 347 g/mol. The van der Waals surface area contributed by atoms with E-state index in [-0.39, 0.29) is 24.3 Å². The smallest absolute Gasteiger partial charge is 0.225 e. The fourth-order valence-electron chi connectivity index (χ4n) is 3.28. The van der Waals surface area contributed by atoms with Gasteiger partial charge in [-0.1, -0.05) is 18.2 Å². The van der Waals surface area contributed by atoms with Gasteiger partial charge in [-0.25, -0.2) is 0 Å². The molecule has 1 aliphatic heterocycles. The van der Waals surface area contributed by atoms with E-state index in [1.54, 1.807) is 0 Å². The lowest BCUT2D eigenvalue weighted by atomic mass is 10.00. The van der Waals surface area contributed by atoms with Crippen LogP contribution in [0.4, 0.5) is 0 Å². The van der Waals surface area contributed by atoms with Gasteiger partial charge in [-0.05, 0) is 32.9 Å². The van der Waals surface area contributed by atoms with Crippen molar-refractivity contribution in [2.45, 2.75) is 45.2 Å². The van der Waals surface area contributed by atoms with Crippen LogP contribution in [0.5, 0.6) is 5.75 Å². The molecule has 2 unspecified atom stereocenters. The first-order valence-electron chi connectivity index (χ1n) is 8.99. The van der Waals surface area contributed by atoms with Gasteiger partial charge in [0.2, 0.25) is 11.8 Å². The Bertz CT molecular complexity index is 591. The van der Waals surface area contributed by atoms with Crippen molar-refractivity contribution in [2.24, 2.45) is 0 Å². The molecule has 0 aromatic heterocycles. The Hall–Kier alpha value is -2.08. The Morgan fingerprint density at radius 1 is 1.36 bits per heavy atom. The lowest BCUT2D eigenvalue weighted by Crippen LogP contribution is -2.47. The second-order valence-electron chi connectivity index (χ2n) is 6.40. The maximum atomic E-state index is 12.8. The monoisotopic (exact) mass is 347 g/mol. The maximum absolute atomic E-state index is 12.8. The minimum absolute atomic E-state index is 0.0602. The van der Waals surface area contributed by atoms with Crippen LogP contribution in [-0.4, -0.2) is 49.5 Å². The van der Waals surface area contributed by atoms with Crippen LogP contribution in [0.15, 0.2) is 24.3 Å². The molecule has 1 aliphatic rings. The number of para-hydroxylation sites is 1. The minimum atomic E-state index is -0.386. The van der Waals surface area contributed by atoms with E-state index in [1.807, 2.05) is 43.1 Å². The predicted octanol–water partition coefficient (Wildman–Crippen LogP) is 1.86. The molecule has 6 heteroatoms. The molecule has 2 rings (SSSR count).